The predicted molar refractivity (Wildman–Crippen MR) is 108 cm³/mol. The van der Waals surface area contributed by atoms with E-state index in [4.69, 9.17) is 9.47 Å². The highest BCUT2D eigenvalue weighted by Gasteiger charge is 2.06. The highest BCUT2D eigenvalue weighted by atomic mass is 16.5. The smallest absolute Gasteiger partial charge is 0.229 e. The third-order valence-electron chi connectivity index (χ3n) is 4.09. The van der Waals surface area contributed by atoms with Crippen molar-refractivity contribution in [2.45, 2.75) is 13.0 Å². The minimum atomic E-state index is -0.154. The molecule has 144 valence electrons. The third kappa shape index (κ3) is 5.44. The van der Waals surface area contributed by atoms with E-state index in [2.05, 4.69) is 20.8 Å². The first-order chi connectivity index (χ1) is 13.7. The number of hydrogen-bond acceptors (Lipinski definition) is 6. The van der Waals surface area contributed by atoms with E-state index in [1.807, 2.05) is 48.5 Å². The van der Waals surface area contributed by atoms with Crippen LogP contribution in [0.5, 0.6) is 11.5 Å². The molecule has 0 bridgehead atoms. The number of methoxy groups -OCH3 is 2. The Balaban J connectivity index is 1.49. The molecule has 0 spiro atoms. The molecule has 0 atom stereocenters. The van der Waals surface area contributed by atoms with Crippen LogP contribution in [0.2, 0.25) is 0 Å². The van der Waals surface area contributed by atoms with Gasteiger partial charge < -0.3 is 20.1 Å². The molecule has 0 aliphatic heterocycles. The lowest BCUT2D eigenvalue weighted by molar-refractivity contribution is -0.115. The number of nitrogens with zero attached hydrogens (tertiary/aromatic N) is 2. The lowest BCUT2D eigenvalue weighted by Crippen LogP contribution is -2.16. The predicted octanol–water partition coefficient (Wildman–Crippen LogP) is 3.29. The fourth-order valence-corrected chi connectivity index (χ4v) is 2.55. The first kappa shape index (κ1) is 19.2. The number of hydrogen-bond donors (Lipinski definition) is 2. The molecule has 1 heterocycles. The van der Waals surface area contributed by atoms with Gasteiger partial charge in [-0.1, -0.05) is 24.3 Å². The maximum atomic E-state index is 12.1. The molecule has 0 radical (unpaired) electrons. The van der Waals surface area contributed by atoms with Gasteiger partial charge >= 0.3 is 0 Å². The van der Waals surface area contributed by atoms with Gasteiger partial charge in [-0.15, -0.1) is 10.2 Å². The van der Waals surface area contributed by atoms with Gasteiger partial charge in [-0.25, -0.2) is 0 Å². The van der Waals surface area contributed by atoms with Crippen LogP contribution in [-0.2, 0) is 17.8 Å². The van der Waals surface area contributed by atoms with Crippen molar-refractivity contribution in [3.8, 4) is 11.5 Å². The number of ether oxygens (including phenoxy) is 2. The maximum Gasteiger partial charge on any atom is 0.229 e. The molecule has 0 unspecified atom stereocenters. The van der Waals surface area contributed by atoms with Crippen LogP contribution in [-0.4, -0.2) is 30.3 Å². The van der Waals surface area contributed by atoms with E-state index < -0.39 is 0 Å². The summed E-state index contributed by atoms with van der Waals surface area (Å²) in [7, 11) is 3.25. The molecule has 7 nitrogen and oxygen atoms in total. The van der Waals surface area contributed by atoms with Crippen LogP contribution < -0.4 is 20.1 Å². The SMILES string of the molecule is COc1ccc(CNc2ccc(NC(=O)Cc3ccc(OC)cc3)nn2)cc1. The topological polar surface area (TPSA) is 85.4 Å². The lowest BCUT2D eigenvalue weighted by Gasteiger charge is -2.08. The molecule has 0 saturated carbocycles. The Bertz CT molecular complexity index is 894. The van der Waals surface area contributed by atoms with Gasteiger partial charge in [0.15, 0.2) is 5.82 Å². The van der Waals surface area contributed by atoms with Crippen LogP contribution in [0.1, 0.15) is 11.1 Å². The molecule has 2 aromatic carbocycles. The number of nitrogens with one attached hydrogen (secondary N) is 2. The highest BCUT2D eigenvalue weighted by Crippen LogP contribution is 2.14. The Morgan fingerprint density at radius 2 is 1.32 bits per heavy atom. The van der Waals surface area contributed by atoms with E-state index in [1.165, 1.54) is 0 Å². The van der Waals surface area contributed by atoms with Crippen molar-refractivity contribution in [1.29, 1.82) is 0 Å². The minimum absolute atomic E-state index is 0.154. The van der Waals surface area contributed by atoms with Gasteiger partial charge in [0.1, 0.15) is 17.3 Å². The van der Waals surface area contributed by atoms with Gasteiger partial charge in [0.25, 0.3) is 0 Å². The molecule has 7 heteroatoms. The van der Waals surface area contributed by atoms with Gasteiger partial charge in [0.05, 0.1) is 20.6 Å². The highest BCUT2D eigenvalue weighted by molar-refractivity contribution is 5.91. The van der Waals surface area contributed by atoms with Crippen LogP contribution in [0.15, 0.2) is 60.7 Å². The first-order valence-electron chi connectivity index (χ1n) is 8.79. The number of amides is 1. The second-order valence-electron chi connectivity index (χ2n) is 6.08. The summed E-state index contributed by atoms with van der Waals surface area (Å²) in [6.07, 6.45) is 0.253. The van der Waals surface area contributed by atoms with Gasteiger partial charge in [0, 0.05) is 6.54 Å². The van der Waals surface area contributed by atoms with Crippen LogP contribution in [0.25, 0.3) is 0 Å². The molecule has 1 amide bonds. The van der Waals surface area contributed by atoms with Crippen LogP contribution in [0.4, 0.5) is 11.6 Å². The number of rotatable bonds is 8. The van der Waals surface area contributed by atoms with E-state index in [9.17, 15) is 4.79 Å². The van der Waals surface area contributed by atoms with E-state index >= 15 is 0 Å². The fraction of sp³-hybridized carbons (Fsp3) is 0.190. The summed E-state index contributed by atoms with van der Waals surface area (Å²) in [4.78, 5) is 12.1. The van der Waals surface area contributed by atoms with Crippen molar-refractivity contribution >= 4 is 17.5 Å². The Morgan fingerprint density at radius 1 is 0.786 bits per heavy atom. The molecule has 2 N–H and O–H groups in total. The molecule has 0 aliphatic rings. The number of carbonyl (C=O) groups excluding carboxylic acids is 1. The second-order valence-corrected chi connectivity index (χ2v) is 6.08. The summed E-state index contributed by atoms with van der Waals surface area (Å²) in [5, 5.41) is 14.1. The fourth-order valence-electron chi connectivity index (χ4n) is 2.55. The van der Waals surface area contributed by atoms with Gasteiger partial charge in [-0.3, -0.25) is 4.79 Å². The Labute approximate surface area is 163 Å². The first-order valence-corrected chi connectivity index (χ1v) is 8.79. The zero-order valence-corrected chi connectivity index (χ0v) is 15.8. The summed E-state index contributed by atoms with van der Waals surface area (Å²) in [5.41, 5.74) is 1.99. The van der Waals surface area contributed by atoms with Gasteiger partial charge in [0.2, 0.25) is 5.91 Å². The van der Waals surface area contributed by atoms with E-state index in [-0.39, 0.29) is 12.3 Å². The Hall–Kier alpha value is -3.61. The third-order valence-corrected chi connectivity index (χ3v) is 4.09. The summed E-state index contributed by atoms with van der Waals surface area (Å²) < 4.78 is 10.3. The molecule has 3 rings (SSSR count). The number of carbonyl (C=O) groups is 1. The summed E-state index contributed by atoms with van der Waals surface area (Å²) in [6, 6.07) is 18.6. The molecule has 28 heavy (non-hydrogen) atoms. The van der Waals surface area contributed by atoms with E-state index in [1.54, 1.807) is 26.4 Å². The van der Waals surface area contributed by atoms with Crippen molar-refractivity contribution in [2.24, 2.45) is 0 Å². The van der Waals surface area contributed by atoms with E-state index in [0.717, 1.165) is 22.6 Å². The molecule has 0 saturated heterocycles. The Morgan fingerprint density at radius 3 is 1.86 bits per heavy atom. The van der Waals surface area contributed by atoms with E-state index in [0.29, 0.717) is 18.2 Å². The van der Waals surface area contributed by atoms with Crippen molar-refractivity contribution in [2.75, 3.05) is 24.9 Å². The average Bonchev–Trinajstić information content (AvgIpc) is 2.74. The lowest BCUT2D eigenvalue weighted by atomic mass is 10.1. The van der Waals surface area contributed by atoms with Crippen LogP contribution in [0, 0.1) is 0 Å². The second kappa shape index (κ2) is 9.36. The maximum absolute atomic E-state index is 12.1. The quantitative estimate of drug-likeness (QED) is 0.626. The zero-order valence-electron chi connectivity index (χ0n) is 15.8. The summed E-state index contributed by atoms with van der Waals surface area (Å²) in [6.45, 7) is 0.613. The van der Waals surface area contributed by atoms with Gasteiger partial charge in [-0.05, 0) is 47.5 Å². The molecular formula is C21H22N4O3. The number of anilines is 2. The van der Waals surface area contributed by atoms with Crippen LogP contribution >= 0.6 is 0 Å². The molecule has 1 aromatic heterocycles. The van der Waals surface area contributed by atoms with Crippen molar-refractivity contribution < 1.29 is 14.3 Å². The molecular weight excluding hydrogens is 356 g/mol. The number of aromatic nitrogens is 2. The van der Waals surface area contributed by atoms with Crippen molar-refractivity contribution in [3.05, 3.63) is 71.8 Å². The monoisotopic (exact) mass is 378 g/mol. The molecule has 0 aliphatic carbocycles. The standard InChI is InChI=1S/C21H22N4O3/c1-27-17-7-3-15(4-8-17)13-21(26)23-20-12-11-19(24-25-20)22-14-16-5-9-18(28-2)10-6-16/h3-12H,13-14H2,1-2H3,(H,22,24)(H,23,25,26). The zero-order chi connectivity index (χ0) is 19.8. The molecule has 0 fully saturated rings. The minimum Gasteiger partial charge on any atom is -0.497 e. The average molecular weight is 378 g/mol. The normalized spacial score (nSPS) is 10.2. The molecule has 3 aromatic rings. The van der Waals surface area contributed by atoms with Crippen molar-refractivity contribution in [1.82, 2.24) is 10.2 Å². The van der Waals surface area contributed by atoms with Gasteiger partial charge in [-0.2, -0.15) is 0 Å². The van der Waals surface area contributed by atoms with Crippen molar-refractivity contribution in [3.63, 3.8) is 0 Å². The largest absolute Gasteiger partial charge is 0.497 e. The Kier molecular flexibility index (Phi) is 6.41. The number of benzene rings is 2. The summed E-state index contributed by atoms with van der Waals surface area (Å²) >= 11 is 0. The summed E-state index contributed by atoms with van der Waals surface area (Å²) in [5.74, 6) is 2.46. The van der Waals surface area contributed by atoms with Crippen LogP contribution in [0.3, 0.4) is 0 Å².